The molecule has 0 bridgehead atoms. The molecule has 1 aliphatic carbocycles. The highest BCUT2D eigenvalue weighted by molar-refractivity contribution is 9.10. The number of halogens is 2. The van der Waals surface area contributed by atoms with Crippen molar-refractivity contribution in [2.75, 3.05) is 0 Å². The van der Waals surface area contributed by atoms with Gasteiger partial charge in [0, 0.05) is 10.0 Å². The summed E-state index contributed by atoms with van der Waals surface area (Å²) in [5.41, 5.74) is -0.501. The molecule has 0 unspecified atom stereocenters. The van der Waals surface area contributed by atoms with Crippen LogP contribution in [0, 0.1) is 11.7 Å². The first-order valence-corrected chi connectivity index (χ1v) is 8.52. The fraction of sp³-hybridized carbons (Fsp3) is 0.647. The molecule has 1 aromatic rings. The molecule has 2 rings (SSSR count). The third-order valence-corrected chi connectivity index (χ3v) is 5.07. The van der Waals surface area contributed by atoms with Crippen molar-refractivity contribution in [3.63, 3.8) is 0 Å². The first-order chi connectivity index (χ1) is 9.55. The number of unbranched alkanes of at least 4 members (excludes halogenated alkanes) is 2. The van der Waals surface area contributed by atoms with Crippen LogP contribution in [0.2, 0.25) is 0 Å². The Labute approximate surface area is 129 Å². The van der Waals surface area contributed by atoms with Gasteiger partial charge >= 0.3 is 0 Å². The van der Waals surface area contributed by atoms with Gasteiger partial charge in [-0.15, -0.1) is 0 Å². The van der Waals surface area contributed by atoms with E-state index in [1.54, 1.807) is 6.07 Å². The third-order valence-electron chi connectivity index (χ3n) is 4.58. The Morgan fingerprint density at radius 3 is 2.60 bits per heavy atom. The molecule has 3 heteroatoms. The molecule has 1 nitrogen and oxygen atoms in total. The van der Waals surface area contributed by atoms with E-state index in [-0.39, 0.29) is 5.82 Å². The summed E-state index contributed by atoms with van der Waals surface area (Å²) in [4.78, 5) is 0. The van der Waals surface area contributed by atoms with Crippen LogP contribution >= 0.6 is 15.9 Å². The molecule has 1 N–H and O–H groups in total. The topological polar surface area (TPSA) is 20.2 Å². The maximum absolute atomic E-state index is 14.0. The average Bonchev–Trinajstić information content (AvgIpc) is 2.41. The van der Waals surface area contributed by atoms with Crippen LogP contribution in [0.4, 0.5) is 4.39 Å². The predicted octanol–water partition coefficient (Wildman–Crippen LogP) is 5.55. The zero-order chi connectivity index (χ0) is 14.6. The van der Waals surface area contributed by atoms with Gasteiger partial charge in [0.2, 0.25) is 0 Å². The van der Waals surface area contributed by atoms with Crippen molar-refractivity contribution in [2.45, 2.75) is 63.9 Å². The summed E-state index contributed by atoms with van der Waals surface area (Å²) in [7, 11) is 0. The molecule has 1 saturated carbocycles. The minimum atomic E-state index is -0.966. The highest BCUT2D eigenvalue weighted by Gasteiger charge is 2.36. The first-order valence-electron chi connectivity index (χ1n) is 7.73. The summed E-state index contributed by atoms with van der Waals surface area (Å²) < 4.78 is 14.8. The lowest BCUT2D eigenvalue weighted by molar-refractivity contribution is -0.0182. The van der Waals surface area contributed by atoms with E-state index in [4.69, 9.17) is 0 Å². The van der Waals surface area contributed by atoms with E-state index in [9.17, 15) is 9.50 Å². The summed E-state index contributed by atoms with van der Waals surface area (Å²) in [6, 6.07) is 4.97. The van der Waals surface area contributed by atoms with Gasteiger partial charge in [0.15, 0.2) is 0 Å². The number of aliphatic hydroxyl groups is 1. The van der Waals surface area contributed by atoms with Crippen LogP contribution in [0.5, 0.6) is 0 Å². The molecule has 1 aliphatic rings. The van der Waals surface area contributed by atoms with Crippen molar-refractivity contribution < 1.29 is 9.50 Å². The van der Waals surface area contributed by atoms with Gasteiger partial charge < -0.3 is 5.11 Å². The van der Waals surface area contributed by atoms with Gasteiger partial charge in [0.05, 0.1) is 5.60 Å². The Bertz CT molecular complexity index is 439. The first kappa shape index (κ1) is 16.0. The highest BCUT2D eigenvalue weighted by atomic mass is 79.9. The van der Waals surface area contributed by atoms with E-state index in [1.807, 2.05) is 6.07 Å². The fourth-order valence-corrected chi connectivity index (χ4v) is 3.60. The number of hydrogen-bond acceptors (Lipinski definition) is 1. The third kappa shape index (κ3) is 3.82. The van der Waals surface area contributed by atoms with Gasteiger partial charge in [-0.2, -0.15) is 0 Å². The van der Waals surface area contributed by atoms with Crippen molar-refractivity contribution in [3.05, 3.63) is 34.1 Å². The van der Waals surface area contributed by atoms with Crippen LogP contribution in [0.25, 0.3) is 0 Å². The quantitative estimate of drug-likeness (QED) is 0.695. The van der Waals surface area contributed by atoms with Crippen LogP contribution in [0.3, 0.4) is 0 Å². The van der Waals surface area contributed by atoms with Crippen molar-refractivity contribution in [1.29, 1.82) is 0 Å². The average molecular weight is 343 g/mol. The lowest BCUT2D eigenvalue weighted by Crippen LogP contribution is -2.32. The van der Waals surface area contributed by atoms with Crippen molar-refractivity contribution in [1.82, 2.24) is 0 Å². The van der Waals surface area contributed by atoms with E-state index >= 15 is 0 Å². The Morgan fingerprint density at radius 1 is 1.30 bits per heavy atom. The summed E-state index contributed by atoms with van der Waals surface area (Å²) in [5, 5.41) is 10.7. The zero-order valence-electron chi connectivity index (χ0n) is 12.2. The van der Waals surface area contributed by atoms with Gasteiger partial charge in [-0.05, 0) is 43.7 Å². The molecule has 1 aromatic carbocycles. The fourth-order valence-electron chi connectivity index (χ4n) is 3.26. The summed E-state index contributed by atoms with van der Waals surface area (Å²) >= 11 is 3.26. The predicted molar refractivity (Wildman–Crippen MR) is 84.1 cm³/mol. The van der Waals surface area contributed by atoms with E-state index in [2.05, 4.69) is 22.9 Å². The standard InChI is InChI=1S/C17H24BrFO/c1-2-3-4-5-13-8-10-17(20,11-9-13)15-7-6-14(18)12-16(15)19/h6-7,12-13,20H,2-5,8-11H2,1H3. The normalized spacial score (nSPS) is 26.7. The van der Waals surface area contributed by atoms with Gasteiger partial charge in [0.1, 0.15) is 5.82 Å². The number of hydrogen-bond donors (Lipinski definition) is 1. The SMILES string of the molecule is CCCCCC1CCC(O)(c2ccc(Br)cc2F)CC1. The second-order valence-electron chi connectivity index (χ2n) is 6.09. The highest BCUT2D eigenvalue weighted by Crippen LogP contribution is 2.42. The Balaban J connectivity index is 1.97. The van der Waals surface area contributed by atoms with Gasteiger partial charge in [-0.1, -0.05) is 54.6 Å². The number of rotatable bonds is 5. The van der Waals surface area contributed by atoms with Crippen LogP contribution in [0.1, 0.15) is 63.9 Å². The van der Waals surface area contributed by atoms with Crippen LogP contribution in [0.15, 0.2) is 22.7 Å². The van der Waals surface area contributed by atoms with Crippen molar-refractivity contribution in [2.24, 2.45) is 5.92 Å². The van der Waals surface area contributed by atoms with Crippen molar-refractivity contribution >= 4 is 15.9 Å². The smallest absolute Gasteiger partial charge is 0.130 e. The van der Waals surface area contributed by atoms with Crippen LogP contribution in [-0.4, -0.2) is 5.11 Å². The van der Waals surface area contributed by atoms with E-state index < -0.39 is 5.60 Å². The number of benzene rings is 1. The molecule has 0 saturated heterocycles. The Kier molecular flexibility index (Phi) is 5.62. The minimum absolute atomic E-state index is 0.300. The molecule has 0 amide bonds. The molecule has 0 spiro atoms. The summed E-state index contributed by atoms with van der Waals surface area (Å²) in [6.07, 6.45) is 8.47. The molecular weight excluding hydrogens is 319 g/mol. The Hall–Kier alpha value is -0.410. The zero-order valence-corrected chi connectivity index (χ0v) is 13.8. The molecule has 20 heavy (non-hydrogen) atoms. The van der Waals surface area contributed by atoms with Crippen LogP contribution in [-0.2, 0) is 5.60 Å². The second kappa shape index (κ2) is 7.04. The molecule has 0 heterocycles. The maximum Gasteiger partial charge on any atom is 0.130 e. The van der Waals surface area contributed by atoms with Gasteiger partial charge in [0.25, 0.3) is 0 Å². The van der Waals surface area contributed by atoms with Gasteiger partial charge in [-0.3, -0.25) is 0 Å². The molecule has 0 aliphatic heterocycles. The van der Waals surface area contributed by atoms with Crippen LogP contribution < -0.4 is 0 Å². The van der Waals surface area contributed by atoms with Gasteiger partial charge in [-0.25, -0.2) is 4.39 Å². The van der Waals surface area contributed by atoms with Crippen molar-refractivity contribution in [3.8, 4) is 0 Å². The molecular formula is C17H24BrFO. The maximum atomic E-state index is 14.0. The van der Waals surface area contributed by atoms with E-state index in [1.165, 1.54) is 31.7 Å². The lowest BCUT2D eigenvalue weighted by atomic mass is 9.74. The largest absolute Gasteiger partial charge is 0.385 e. The summed E-state index contributed by atoms with van der Waals surface area (Å²) in [6.45, 7) is 2.22. The molecule has 0 atom stereocenters. The minimum Gasteiger partial charge on any atom is -0.385 e. The second-order valence-corrected chi connectivity index (χ2v) is 7.01. The molecule has 1 fully saturated rings. The molecule has 0 aromatic heterocycles. The molecule has 0 radical (unpaired) electrons. The van der Waals surface area contributed by atoms with E-state index in [0.29, 0.717) is 24.3 Å². The summed E-state index contributed by atoms with van der Waals surface area (Å²) in [5.74, 6) is 0.409. The monoisotopic (exact) mass is 342 g/mol. The Morgan fingerprint density at radius 2 is 2.00 bits per heavy atom. The van der Waals surface area contributed by atoms with E-state index in [0.717, 1.165) is 17.3 Å². The molecule has 112 valence electrons. The lowest BCUT2D eigenvalue weighted by Gasteiger charge is -2.36.